The fourth-order valence-electron chi connectivity index (χ4n) is 3.70. The van der Waals surface area contributed by atoms with Crippen molar-refractivity contribution in [2.75, 3.05) is 5.32 Å². The maximum Gasteiger partial charge on any atom is 0.267 e. The van der Waals surface area contributed by atoms with Gasteiger partial charge in [-0.15, -0.1) is 0 Å². The summed E-state index contributed by atoms with van der Waals surface area (Å²) in [7, 11) is 0. The molecule has 0 aliphatic rings. The van der Waals surface area contributed by atoms with Crippen molar-refractivity contribution in [3.63, 3.8) is 0 Å². The van der Waals surface area contributed by atoms with E-state index in [1.54, 1.807) is 27.4 Å². The number of aromatic nitrogens is 5. The van der Waals surface area contributed by atoms with E-state index in [-0.39, 0.29) is 17.9 Å². The average Bonchev–Trinajstić information content (AvgIpc) is 3.43. The van der Waals surface area contributed by atoms with Crippen LogP contribution in [0.5, 0.6) is 0 Å². The van der Waals surface area contributed by atoms with Crippen molar-refractivity contribution in [3.8, 4) is 17.2 Å². The summed E-state index contributed by atoms with van der Waals surface area (Å²) in [5, 5.41) is 2.78. The molecule has 8 nitrogen and oxygen atoms in total. The maximum atomic E-state index is 14.0. The second-order valence-corrected chi connectivity index (χ2v) is 7.66. The minimum atomic E-state index is -0.690. The lowest BCUT2D eigenvalue weighted by Gasteiger charge is -2.09. The van der Waals surface area contributed by atoms with Gasteiger partial charge in [-0.3, -0.25) is 13.8 Å². The lowest BCUT2D eigenvalue weighted by Crippen LogP contribution is -2.13. The molecule has 5 aromatic rings. The number of imidazole rings is 2. The Morgan fingerprint density at radius 3 is 2.53 bits per heavy atom. The highest BCUT2D eigenvalue weighted by molar-refractivity contribution is 5.91. The van der Waals surface area contributed by atoms with Crippen LogP contribution in [0.25, 0.3) is 22.9 Å². The number of amides is 1. The zero-order valence-electron chi connectivity index (χ0n) is 18.0. The third-order valence-corrected chi connectivity index (χ3v) is 5.30. The Bertz CT molecular complexity index is 1520. The number of carbonyl (C=O) groups excluding carboxylic acids is 1. The summed E-state index contributed by atoms with van der Waals surface area (Å²) in [5.41, 5.74) is 8.67. The molecule has 0 saturated carbocycles. The van der Waals surface area contributed by atoms with Crippen molar-refractivity contribution < 1.29 is 13.6 Å². The molecule has 0 saturated heterocycles. The molecule has 10 heteroatoms. The number of rotatable bonds is 6. The second-order valence-electron chi connectivity index (χ2n) is 7.66. The minimum Gasteiger partial charge on any atom is -0.375 e. The first kappa shape index (κ1) is 21.3. The molecule has 0 aliphatic carbocycles. The van der Waals surface area contributed by atoms with Crippen LogP contribution in [-0.2, 0) is 6.54 Å². The van der Waals surface area contributed by atoms with Crippen LogP contribution in [0, 0.1) is 18.6 Å². The molecule has 0 radical (unpaired) electrons. The molecule has 0 spiro atoms. The maximum absolute atomic E-state index is 14.0. The molecule has 0 bridgehead atoms. The molecule has 4 heterocycles. The zero-order valence-corrected chi connectivity index (χ0v) is 18.0. The Morgan fingerprint density at radius 1 is 1.03 bits per heavy atom. The van der Waals surface area contributed by atoms with E-state index in [0.717, 1.165) is 5.69 Å². The monoisotopic (exact) mass is 459 g/mol. The van der Waals surface area contributed by atoms with Gasteiger partial charge in [0.2, 0.25) is 0 Å². The van der Waals surface area contributed by atoms with E-state index >= 15 is 0 Å². The van der Waals surface area contributed by atoms with Gasteiger partial charge in [0.1, 0.15) is 34.4 Å². The number of fused-ring (bicyclic) bond motifs is 1. The molecule has 34 heavy (non-hydrogen) atoms. The van der Waals surface area contributed by atoms with Crippen molar-refractivity contribution >= 4 is 17.2 Å². The Morgan fingerprint density at radius 2 is 1.79 bits per heavy atom. The van der Waals surface area contributed by atoms with Gasteiger partial charge >= 0.3 is 0 Å². The predicted octanol–water partition coefficient (Wildman–Crippen LogP) is 3.88. The fourth-order valence-corrected chi connectivity index (χ4v) is 3.70. The van der Waals surface area contributed by atoms with Crippen molar-refractivity contribution in [2.45, 2.75) is 13.5 Å². The number of para-hydroxylation sites is 1. The summed E-state index contributed by atoms with van der Waals surface area (Å²) in [6.07, 6.45) is 4.88. The molecule has 0 unspecified atom stereocenters. The van der Waals surface area contributed by atoms with Crippen molar-refractivity contribution in [1.82, 2.24) is 23.9 Å². The minimum absolute atomic E-state index is 0.0729. The molecule has 5 rings (SSSR count). The molecule has 1 amide bonds. The first-order valence-corrected chi connectivity index (χ1v) is 10.4. The Labute approximate surface area is 192 Å². The standard InChI is InChI=1S/C24H19F2N7O/c1-14-4-2-7-19(30-14)24-31-15(10-29-22-17(25)5-3-6-18(22)26)12-32(24)16-8-9-21-28-11-20(23(27)34)33(21)13-16/h2-9,11-13,29H,10H2,1H3,(H2,27,34). The molecule has 3 N–H and O–H groups in total. The van der Waals surface area contributed by atoms with Gasteiger partial charge in [-0.2, -0.15) is 0 Å². The number of halogens is 2. The smallest absolute Gasteiger partial charge is 0.267 e. The highest BCUT2D eigenvalue weighted by Gasteiger charge is 2.16. The first-order valence-electron chi connectivity index (χ1n) is 10.4. The first-order chi connectivity index (χ1) is 16.4. The lowest BCUT2D eigenvalue weighted by molar-refractivity contribution is 0.0994. The van der Waals surface area contributed by atoms with Crippen LogP contribution in [-0.4, -0.2) is 29.8 Å². The fraction of sp³-hybridized carbons (Fsp3) is 0.0833. The van der Waals surface area contributed by atoms with Gasteiger partial charge in [-0.25, -0.2) is 23.7 Å². The van der Waals surface area contributed by atoms with E-state index in [4.69, 9.17) is 5.73 Å². The number of pyridine rings is 2. The van der Waals surface area contributed by atoms with Crippen LogP contribution < -0.4 is 11.1 Å². The summed E-state index contributed by atoms with van der Waals surface area (Å²) in [6.45, 7) is 1.94. The van der Waals surface area contributed by atoms with Crippen LogP contribution in [0.15, 0.2) is 67.1 Å². The highest BCUT2D eigenvalue weighted by Crippen LogP contribution is 2.24. The van der Waals surface area contributed by atoms with Crippen LogP contribution in [0.3, 0.4) is 0 Å². The highest BCUT2D eigenvalue weighted by atomic mass is 19.1. The third-order valence-electron chi connectivity index (χ3n) is 5.30. The number of nitrogens with zero attached hydrogens (tertiary/aromatic N) is 5. The van der Waals surface area contributed by atoms with E-state index in [2.05, 4.69) is 20.3 Å². The zero-order chi connectivity index (χ0) is 23.8. The van der Waals surface area contributed by atoms with Gasteiger partial charge in [0, 0.05) is 18.1 Å². The van der Waals surface area contributed by atoms with E-state index in [1.165, 1.54) is 24.4 Å². The van der Waals surface area contributed by atoms with E-state index in [1.807, 2.05) is 31.2 Å². The van der Waals surface area contributed by atoms with Crippen LogP contribution in [0.2, 0.25) is 0 Å². The van der Waals surface area contributed by atoms with Crippen molar-refractivity contribution in [2.24, 2.45) is 5.73 Å². The summed E-state index contributed by atoms with van der Waals surface area (Å²) >= 11 is 0. The number of aryl methyl sites for hydroxylation is 1. The number of primary amides is 1. The molecule has 170 valence electrons. The van der Waals surface area contributed by atoms with Crippen LogP contribution in [0.1, 0.15) is 21.9 Å². The van der Waals surface area contributed by atoms with Gasteiger partial charge in [-0.05, 0) is 43.3 Å². The normalized spacial score (nSPS) is 11.1. The number of benzene rings is 1. The average molecular weight is 459 g/mol. The summed E-state index contributed by atoms with van der Waals surface area (Å²) in [6, 6.07) is 12.8. The van der Waals surface area contributed by atoms with Crippen molar-refractivity contribution in [3.05, 3.63) is 95.8 Å². The number of anilines is 1. The number of carbonyl (C=O) groups is 1. The SMILES string of the molecule is Cc1cccc(-c2nc(CNc3c(F)cccc3F)cn2-c2ccc3ncc(C(N)=O)n3c2)n1. The van der Waals surface area contributed by atoms with Crippen LogP contribution >= 0.6 is 0 Å². The van der Waals surface area contributed by atoms with E-state index < -0.39 is 17.5 Å². The summed E-state index contributed by atoms with van der Waals surface area (Å²) < 4.78 is 31.5. The van der Waals surface area contributed by atoms with E-state index in [0.29, 0.717) is 28.5 Å². The number of hydrogen-bond donors (Lipinski definition) is 2. The number of nitrogens with two attached hydrogens (primary N) is 1. The molecular weight excluding hydrogens is 440 g/mol. The van der Waals surface area contributed by atoms with E-state index in [9.17, 15) is 13.6 Å². The quantitative estimate of drug-likeness (QED) is 0.401. The Kier molecular flexibility index (Phi) is 5.25. The molecular formula is C24H19F2N7O. The molecule has 0 atom stereocenters. The largest absolute Gasteiger partial charge is 0.375 e. The summed E-state index contributed by atoms with van der Waals surface area (Å²) in [4.78, 5) is 25.2. The molecule has 0 aliphatic heterocycles. The summed E-state index contributed by atoms with van der Waals surface area (Å²) in [5.74, 6) is -1.46. The molecule has 1 aromatic carbocycles. The van der Waals surface area contributed by atoms with Gasteiger partial charge in [-0.1, -0.05) is 12.1 Å². The Balaban J connectivity index is 1.59. The second kappa shape index (κ2) is 8.39. The van der Waals surface area contributed by atoms with Gasteiger partial charge in [0.05, 0.1) is 24.1 Å². The number of hydrogen-bond acceptors (Lipinski definition) is 5. The number of nitrogens with one attached hydrogen (secondary N) is 1. The predicted molar refractivity (Wildman–Crippen MR) is 122 cm³/mol. The van der Waals surface area contributed by atoms with Crippen molar-refractivity contribution in [1.29, 1.82) is 0 Å². The van der Waals surface area contributed by atoms with Gasteiger partial charge in [0.25, 0.3) is 5.91 Å². The molecule has 0 fully saturated rings. The lowest BCUT2D eigenvalue weighted by atomic mass is 10.3. The topological polar surface area (TPSA) is 103 Å². The van der Waals surface area contributed by atoms with Crippen LogP contribution in [0.4, 0.5) is 14.5 Å². The van der Waals surface area contributed by atoms with Gasteiger partial charge in [0.15, 0.2) is 5.82 Å². The Hall–Kier alpha value is -4.60. The van der Waals surface area contributed by atoms with Gasteiger partial charge < -0.3 is 11.1 Å². The molecule has 4 aromatic heterocycles. The third kappa shape index (κ3) is 3.85.